The first kappa shape index (κ1) is 16.2. The van der Waals surface area contributed by atoms with Gasteiger partial charge in [0, 0.05) is 0 Å². The molecule has 22 heavy (non-hydrogen) atoms. The molecule has 2 aromatic carbocycles. The number of nitrogens with one attached hydrogen (secondary N) is 1. The Labute approximate surface area is 130 Å². The average Bonchev–Trinajstić information content (AvgIpc) is 2.48. The Morgan fingerprint density at radius 1 is 1.09 bits per heavy atom. The number of benzene rings is 2. The fourth-order valence-electron chi connectivity index (χ4n) is 2.15. The van der Waals surface area contributed by atoms with Gasteiger partial charge < -0.3 is 5.73 Å². The van der Waals surface area contributed by atoms with Crippen LogP contribution in [0.5, 0.6) is 0 Å². The minimum Gasteiger partial charge on any atom is -0.368 e. The van der Waals surface area contributed by atoms with Gasteiger partial charge in [-0.05, 0) is 36.6 Å². The summed E-state index contributed by atoms with van der Waals surface area (Å²) in [5, 5.41) is 0. The molecule has 0 aliphatic rings. The number of carbonyl (C=O) groups is 1. The van der Waals surface area contributed by atoms with Gasteiger partial charge in [-0.2, -0.15) is 4.72 Å². The molecule has 0 heterocycles. The van der Waals surface area contributed by atoms with Gasteiger partial charge in [0.05, 0.1) is 4.90 Å². The van der Waals surface area contributed by atoms with Crippen molar-refractivity contribution in [2.75, 3.05) is 0 Å². The van der Waals surface area contributed by atoms with E-state index in [2.05, 4.69) is 4.72 Å². The van der Waals surface area contributed by atoms with Crippen molar-refractivity contribution in [2.24, 2.45) is 5.73 Å². The molecular formula is C16H18N2O3S. The molecule has 2 rings (SSSR count). The van der Waals surface area contributed by atoms with Crippen molar-refractivity contribution in [1.29, 1.82) is 0 Å². The lowest BCUT2D eigenvalue weighted by Crippen LogP contribution is -2.37. The van der Waals surface area contributed by atoms with Crippen LogP contribution in [-0.4, -0.2) is 14.3 Å². The Morgan fingerprint density at radius 3 is 2.32 bits per heavy atom. The zero-order chi connectivity index (χ0) is 16.3. The molecule has 1 amide bonds. The van der Waals surface area contributed by atoms with Crippen molar-refractivity contribution in [3.8, 4) is 0 Å². The zero-order valence-corrected chi connectivity index (χ0v) is 13.2. The molecular weight excluding hydrogens is 300 g/mol. The molecule has 0 aliphatic carbocycles. The van der Waals surface area contributed by atoms with E-state index in [9.17, 15) is 13.2 Å². The van der Waals surface area contributed by atoms with Gasteiger partial charge in [-0.25, -0.2) is 8.42 Å². The molecule has 0 radical (unpaired) electrons. The summed E-state index contributed by atoms with van der Waals surface area (Å²) in [4.78, 5) is 11.8. The summed E-state index contributed by atoms with van der Waals surface area (Å²) >= 11 is 0. The number of rotatable bonds is 5. The van der Waals surface area contributed by atoms with Crippen LogP contribution in [0, 0.1) is 13.8 Å². The maximum absolute atomic E-state index is 12.6. The minimum absolute atomic E-state index is 0.148. The summed E-state index contributed by atoms with van der Waals surface area (Å²) in [6.07, 6.45) is 0. The Morgan fingerprint density at radius 2 is 1.73 bits per heavy atom. The molecule has 1 atom stereocenters. The van der Waals surface area contributed by atoms with Crippen LogP contribution in [-0.2, 0) is 14.8 Å². The van der Waals surface area contributed by atoms with Gasteiger partial charge in [0.25, 0.3) is 0 Å². The predicted molar refractivity (Wildman–Crippen MR) is 84.6 cm³/mol. The van der Waals surface area contributed by atoms with Gasteiger partial charge in [0.2, 0.25) is 15.9 Å². The Kier molecular flexibility index (Phi) is 4.63. The van der Waals surface area contributed by atoms with Gasteiger partial charge >= 0.3 is 0 Å². The number of aryl methyl sites for hydroxylation is 2. The monoisotopic (exact) mass is 318 g/mol. The lowest BCUT2D eigenvalue weighted by Gasteiger charge is -2.17. The summed E-state index contributed by atoms with van der Waals surface area (Å²) in [6, 6.07) is 12.5. The highest BCUT2D eigenvalue weighted by atomic mass is 32.2. The number of carbonyl (C=O) groups excluding carboxylic acids is 1. The lowest BCUT2D eigenvalue weighted by molar-refractivity contribution is -0.119. The molecule has 6 heteroatoms. The first-order valence-corrected chi connectivity index (χ1v) is 8.23. The first-order chi connectivity index (χ1) is 10.3. The van der Waals surface area contributed by atoms with Crippen molar-refractivity contribution in [3.63, 3.8) is 0 Å². The minimum atomic E-state index is -3.86. The largest absolute Gasteiger partial charge is 0.368 e. The summed E-state index contributed by atoms with van der Waals surface area (Å²) in [7, 11) is -3.86. The second kappa shape index (κ2) is 6.29. The quantitative estimate of drug-likeness (QED) is 0.881. The van der Waals surface area contributed by atoms with Crippen molar-refractivity contribution in [3.05, 3.63) is 65.2 Å². The summed E-state index contributed by atoms with van der Waals surface area (Å²) in [5.74, 6) is -0.750. The number of amides is 1. The van der Waals surface area contributed by atoms with E-state index in [4.69, 9.17) is 5.73 Å². The van der Waals surface area contributed by atoms with Crippen molar-refractivity contribution in [1.82, 2.24) is 4.72 Å². The van der Waals surface area contributed by atoms with E-state index in [0.29, 0.717) is 11.1 Å². The maximum Gasteiger partial charge on any atom is 0.241 e. The topological polar surface area (TPSA) is 89.3 Å². The smallest absolute Gasteiger partial charge is 0.241 e. The maximum atomic E-state index is 12.6. The molecule has 2 aromatic rings. The molecule has 0 aliphatic heterocycles. The van der Waals surface area contributed by atoms with Crippen LogP contribution >= 0.6 is 0 Å². The molecule has 0 saturated heterocycles. The van der Waals surface area contributed by atoms with E-state index in [1.807, 2.05) is 6.07 Å². The van der Waals surface area contributed by atoms with Crippen LogP contribution in [0.1, 0.15) is 22.7 Å². The zero-order valence-electron chi connectivity index (χ0n) is 12.4. The molecule has 0 fully saturated rings. The highest BCUT2D eigenvalue weighted by Crippen LogP contribution is 2.20. The SMILES string of the molecule is Cc1ccc(C)c(S(=O)(=O)NC(C(N)=O)c2ccccc2)c1. The second-order valence-corrected chi connectivity index (χ2v) is 6.82. The summed E-state index contributed by atoms with van der Waals surface area (Å²) < 4.78 is 27.5. The molecule has 3 N–H and O–H groups in total. The van der Waals surface area contributed by atoms with Crippen LogP contribution in [0.2, 0.25) is 0 Å². The highest BCUT2D eigenvalue weighted by Gasteiger charge is 2.26. The van der Waals surface area contributed by atoms with Crippen molar-refractivity contribution >= 4 is 15.9 Å². The summed E-state index contributed by atoms with van der Waals surface area (Å²) in [6.45, 7) is 3.51. The highest BCUT2D eigenvalue weighted by molar-refractivity contribution is 7.89. The van der Waals surface area contributed by atoms with Crippen molar-refractivity contribution in [2.45, 2.75) is 24.8 Å². The van der Waals surface area contributed by atoms with Crippen molar-refractivity contribution < 1.29 is 13.2 Å². The number of primary amides is 1. The van der Waals surface area contributed by atoms with Gasteiger partial charge in [-0.15, -0.1) is 0 Å². The molecule has 0 saturated carbocycles. The predicted octanol–water partition coefficient (Wildman–Crippen LogP) is 1.81. The third-order valence-electron chi connectivity index (χ3n) is 3.32. The van der Waals surface area contributed by atoms with Crippen LogP contribution in [0.4, 0.5) is 0 Å². The molecule has 0 bridgehead atoms. The van der Waals surface area contributed by atoms with E-state index in [1.54, 1.807) is 56.3 Å². The molecule has 116 valence electrons. The fourth-order valence-corrected chi connectivity index (χ4v) is 3.67. The molecule has 1 unspecified atom stereocenters. The average molecular weight is 318 g/mol. The van der Waals surface area contributed by atoms with E-state index >= 15 is 0 Å². The first-order valence-electron chi connectivity index (χ1n) is 6.75. The number of hydrogen-bond acceptors (Lipinski definition) is 3. The Bertz CT molecular complexity index is 786. The molecule has 0 aromatic heterocycles. The van der Waals surface area contributed by atoms with E-state index in [-0.39, 0.29) is 4.90 Å². The van der Waals surface area contributed by atoms with E-state index in [0.717, 1.165) is 5.56 Å². The van der Waals surface area contributed by atoms with Crippen LogP contribution in [0.25, 0.3) is 0 Å². The van der Waals surface area contributed by atoms with Gasteiger partial charge in [0.15, 0.2) is 0 Å². The van der Waals surface area contributed by atoms with E-state index < -0.39 is 22.0 Å². The van der Waals surface area contributed by atoms with E-state index in [1.165, 1.54) is 0 Å². The molecule has 0 spiro atoms. The summed E-state index contributed by atoms with van der Waals surface area (Å²) in [5.41, 5.74) is 7.29. The van der Waals surface area contributed by atoms with Crippen LogP contribution < -0.4 is 10.5 Å². The fraction of sp³-hybridized carbons (Fsp3) is 0.188. The van der Waals surface area contributed by atoms with Gasteiger partial charge in [0.1, 0.15) is 6.04 Å². The van der Waals surface area contributed by atoms with Gasteiger partial charge in [-0.3, -0.25) is 4.79 Å². The van der Waals surface area contributed by atoms with Gasteiger partial charge in [-0.1, -0.05) is 42.5 Å². The normalized spacial score (nSPS) is 12.8. The van der Waals surface area contributed by atoms with Crippen LogP contribution in [0.15, 0.2) is 53.4 Å². The Hall–Kier alpha value is -2.18. The standard InChI is InChI=1S/C16H18N2O3S/c1-11-8-9-12(2)14(10-11)22(20,21)18-15(16(17)19)13-6-4-3-5-7-13/h3-10,15,18H,1-2H3,(H2,17,19). The number of hydrogen-bond donors (Lipinski definition) is 2. The lowest BCUT2D eigenvalue weighted by atomic mass is 10.1. The third kappa shape index (κ3) is 3.52. The Balaban J connectivity index is 2.41. The number of sulfonamides is 1. The molecule has 5 nitrogen and oxygen atoms in total. The second-order valence-electron chi connectivity index (χ2n) is 5.14. The van der Waals surface area contributed by atoms with Crippen LogP contribution in [0.3, 0.4) is 0 Å². The number of nitrogens with two attached hydrogens (primary N) is 1. The third-order valence-corrected chi connectivity index (χ3v) is 4.89.